The zero-order valence-corrected chi connectivity index (χ0v) is 7.19. The van der Waals surface area contributed by atoms with Crippen LogP contribution in [-0.2, 0) is 11.3 Å². The molecule has 0 bridgehead atoms. The summed E-state index contributed by atoms with van der Waals surface area (Å²) in [6, 6.07) is 0. The molecule has 1 heterocycles. The van der Waals surface area contributed by atoms with Gasteiger partial charge in [-0.3, -0.25) is 4.79 Å². The van der Waals surface area contributed by atoms with E-state index < -0.39 is 0 Å². The van der Waals surface area contributed by atoms with E-state index in [2.05, 4.69) is 32.6 Å². The van der Waals surface area contributed by atoms with E-state index >= 15 is 0 Å². The number of nitrogens with zero attached hydrogens (tertiary/aromatic N) is 4. The Hall–Kier alpha value is -1.90. The average Bonchev–Trinajstić information content (AvgIpc) is 2.57. The SMILES string of the molecule is CC#CC(=O)NCCn1ncnn1. The Bertz CT molecular complexity index is 320. The van der Waals surface area contributed by atoms with E-state index in [4.69, 9.17) is 0 Å². The van der Waals surface area contributed by atoms with Crippen LogP contribution in [0.4, 0.5) is 0 Å². The molecule has 0 aliphatic rings. The first-order valence-corrected chi connectivity index (χ1v) is 3.74. The first kappa shape index (κ1) is 9.19. The van der Waals surface area contributed by atoms with Gasteiger partial charge in [-0.1, -0.05) is 5.92 Å². The first-order valence-electron chi connectivity index (χ1n) is 3.74. The van der Waals surface area contributed by atoms with Crippen molar-refractivity contribution in [3.63, 3.8) is 0 Å². The van der Waals surface area contributed by atoms with Crippen LogP contribution in [0.5, 0.6) is 0 Å². The van der Waals surface area contributed by atoms with E-state index in [0.29, 0.717) is 13.1 Å². The molecule has 0 radical (unpaired) electrons. The number of rotatable bonds is 3. The van der Waals surface area contributed by atoms with E-state index in [1.165, 1.54) is 11.1 Å². The third-order valence-corrected chi connectivity index (χ3v) is 1.23. The maximum atomic E-state index is 10.8. The van der Waals surface area contributed by atoms with Crippen LogP contribution in [0.2, 0.25) is 0 Å². The number of amides is 1. The van der Waals surface area contributed by atoms with Gasteiger partial charge in [0.25, 0.3) is 5.91 Å². The van der Waals surface area contributed by atoms with Crippen LogP contribution in [0.1, 0.15) is 6.92 Å². The summed E-state index contributed by atoms with van der Waals surface area (Å²) in [5.41, 5.74) is 0. The van der Waals surface area contributed by atoms with Crippen molar-refractivity contribution in [1.82, 2.24) is 25.5 Å². The molecule has 1 aromatic heterocycles. The summed E-state index contributed by atoms with van der Waals surface area (Å²) in [5, 5.41) is 13.5. The Balaban J connectivity index is 2.20. The van der Waals surface area contributed by atoms with Crippen molar-refractivity contribution < 1.29 is 4.79 Å². The summed E-state index contributed by atoms with van der Waals surface area (Å²) in [6.07, 6.45) is 1.34. The Labute approximate surface area is 75.3 Å². The summed E-state index contributed by atoms with van der Waals surface area (Å²) in [4.78, 5) is 12.2. The monoisotopic (exact) mass is 179 g/mol. The highest BCUT2D eigenvalue weighted by molar-refractivity contribution is 5.93. The number of nitrogens with one attached hydrogen (secondary N) is 1. The van der Waals surface area contributed by atoms with Gasteiger partial charge in [0.1, 0.15) is 0 Å². The predicted octanol–water partition coefficient (Wildman–Crippen LogP) is -1.19. The van der Waals surface area contributed by atoms with Gasteiger partial charge < -0.3 is 5.32 Å². The number of hydrogen-bond acceptors (Lipinski definition) is 4. The summed E-state index contributed by atoms with van der Waals surface area (Å²) >= 11 is 0. The predicted molar refractivity (Wildman–Crippen MR) is 44.3 cm³/mol. The zero-order chi connectivity index (χ0) is 9.52. The smallest absolute Gasteiger partial charge is 0.295 e. The maximum Gasteiger partial charge on any atom is 0.295 e. The number of tetrazole rings is 1. The van der Waals surface area contributed by atoms with E-state index in [-0.39, 0.29) is 5.91 Å². The minimum Gasteiger partial charge on any atom is -0.343 e. The van der Waals surface area contributed by atoms with Crippen LogP contribution in [0.15, 0.2) is 6.33 Å². The summed E-state index contributed by atoms with van der Waals surface area (Å²) in [6.45, 7) is 2.56. The van der Waals surface area contributed by atoms with Gasteiger partial charge in [-0.15, -0.1) is 10.2 Å². The molecule has 6 heteroatoms. The fourth-order valence-corrected chi connectivity index (χ4v) is 0.718. The molecule has 13 heavy (non-hydrogen) atoms. The molecular weight excluding hydrogens is 170 g/mol. The van der Waals surface area contributed by atoms with E-state index in [1.807, 2.05) is 0 Å². The summed E-state index contributed by atoms with van der Waals surface area (Å²) in [7, 11) is 0. The quantitative estimate of drug-likeness (QED) is 0.592. The Morgan fingerprint density at radius 2 is 2.54 bits per heavy atom. The lowest BCUT2D eigenvalue weighted by Crippen LogP contribution is -2.26. The van der Waals surface area contributed by atoms with E-state index in [0.717, 1.165) is 0 Å². The molecule has 1 rings (SSSR count). The molecule has 0 spiro atoms. The number of aromatic nitrogens is 4. The summed E-state index contributed by atoms with van der Waals surface area (Å²) < 4.78 is 0. The van der Waals surface area contributed by atoms with E-state index in [1.54, 1.807) is 6.92 Å². The zero-order valence-electron chi connectivity index (χ0n) is 7.19. The molecule has 0 saturated heterocycles. The van der Waals surface area contributed by atoms with Crippen LogP contribution >= 0.6 is 0 Å². The largest absolute Gasteiger partial charge is 0.343 e. The lowest BCUT2D eigenvalue weighted by Gasteiger charge is -1.98. The van der Waals surface area contributed by atoms with Crippen molar-refractivity contribution in [1.29, 1.82) is 0 Å². The second-order valence-corrected chi connectivity index (χ2v) is 2.16. The van der Waals surface area contributed by atoms with Crippen molar-refractivity contribution in [2.75, 3.05) is 6.54 Å². The van der Waals surface area contributed by atoms with Gasteiger partial charge in [0.15, 0.2) is 6.33 Å². The molecule has 6 nitrogen and oxygen atoms in total. The maximum absolute atomic E-state index is 10.8. The van der Waals surface area contributed by atoms with Crippen LogP contribution in [0.25, 0.3) is 0 Å². The Kier molecular flexibility index (Phi) is 3.45. The first-order chi connectivity index (χ1) is 6.33. The van der Waals surface area contributed by atoms with Gasteiger partial charge in [-0.25, -0.2) is 0 Å². The van der Waals surface area contributed by atoms with Crippen molar-refractivity contribution in [2.24, 2.45) is 0 Å². The highest BCUT2D eigenvalue weighted by atomic mass is 16.1. The molecule has 1 N–H and O–H groups in total. The van der Waals surface area contributed by atoms with E-state index in [9.17, 15) is 4.79 Å². The third kappa shape index (κ3) is 3.33. The second kappa shape index (κ2) is 4.87. The van der Waals surface area contributed by atoms with Crippen LogP contribution in [-0.4, -0.2) is 32.7 Å². The average molecular weight is 179 g/mol. The molecular formula is C7H9N5O. The van der Waals surface area contributed by atoms with Gasteiger partial charge in [-0.05, 0) is 18.1 Å². The molecule has 0 aromatic carbocycles. The summed E-state index contributed by atoms with van der Waals surface area (Å²) in [5.74, 6) is 4.57. The highest BCUT2D eigenvalue weighted by Crippen LogP contribution is 1.72. The molecule has 1 amide bonds. The van der Waals surface area contributed by atoms with Crippen LogP contribution in [0, 0.1) is 11.8 Å². The Morgan fingerprint density at radius 3 is 3.15 bits per heavy atom. The lowest BCUT2D eigenvalue weighted by molar-refractivity contribution is -0.115. The topological polar surface area (TPSA) is 72.7 Å². The molecule has 0 atom stereocenters. The highest BCUT2D eigenvalue weighted by Gasteiger charge is 1.95. The van der Waals surface area contributed by atoms with Crippen molar-refractivity contribution >= 4 is 5.91 Å². The molecule has 0 unspecified atom stereocenters. The van der Waals surface area contributed by atoms with Gasteiger partial charge in [0.05, 0.1) is 6.54 Å². The molecule has 68 valence electrons. The second-order valence-electron chi connectivity index (χ2n) is 2.16. The van der Waals surface area contributed by atoms with Gasteiger partial charge >= 0.3 is 0 Å². The number of carbonyl (C=O) groups excluding carboxylic acids is 1. The third-order valence-electron chi connectivity index (χ3n) is 1.23. The molecule has 1 aromatic rings. The number of hydrogen-bond donors (Lipinski definition) is 1. The fourth-order valence-electron chi connectivity index (χ4n) is 0.718. The minimum absolute atomic E-state index is 0.289. The van der Waals surface area contributed by atoms with Gasteiger partial charge in [0.2, 0.25) is 0 Å². The van der Waals surface area contributed by atoms with Gasteiger partial charge in [-0.2, -0.15) is 4.80 Å². The molecule has 0 aliphatic heterocycles. The Morgan fingerprint density at radius 1 is 1.69 bits per heavy atom. The lowest BCUT2D eigenvalue weighted by atomic mass is 10.5. The van der Waals surface area contributed by atoms with Crippen molar-refractivity contribution in [3.05, 3.63) is 6.33 Å². The van der Waals surface area contributed by atoms with Crippen LogP contribution in [0.3, 0.4) is 0 Å². The van der Waals surface area contributed by atoms with Crippen LogP contribution < -0.4 is 5.32 Å². The van der Waals surface area contributed by atoms with Crippen molar-refractivity contribution in [3.8, 4) is 11.8 Å². The standard InChI is InChI=1S/C7H9N5O/c1-2-3-7(13)8-4-5-12-10-6-9-11-12/h6H,4-5H2,1H3,(H,8,13). The van der Waals surface area contributed by atoms with Gasteiger partial charge in [0, 0.05) is 6.54 Å². The number of carbonyl (C=O) groups is 1. The fraction of sp³-hybridized carbons (Fsp3) is 0.429. The minimum atomic E-state index is -0.289. The molecule has 0 aliphatic carbocycles. The normalized spacial score (nSPS) is 8.69. The molecule has 0 fully saturated rings. The van der Waals surface area contributed by atoms with Crippen molar-refractivity contribution in [2.45, 2.75) is 13.5 Å². The molecule has 0 saturated carbocycles.